The van der Waals surface area contributed by atoms with Crippen LogP contribution in [0.2, 0.25) is 0 Å². The van der Waals surface area contributed by atoms with Crippen molar-refractivity contribution in [3.8, 4) is 0 Å². The largest absolute Gasteiger partial charge is 0.0885 e. The van der Waals surface area contributed by atoms with Crippen molar-refractivity contribution in [1.29, 1.82) is 0 Å². The second kappa shape index (κ2) is 11.5. The first-order valence-corrected chi connectivity index (χ1v) is 6.65. The number of hydrogen-bond acceptors (Lipinski definition) is 0. The fourth-order valence-corrected chi connectivity index (χ4v) is 1.56. The highest BCUT2D eigenvalue weighted by molar-refractivity contribution is 14.1. The molecule has 1 heteroatoms. The molecule has 0 nitrogen and oxygen atoms in total. The summed E-state index contributed by atoms with van der Waals surface area (Å²) in [6, 6.07) is 0. The van der Waals surface area contributed by atoms with E-state index in [4.69, 9.17) is 0 Å². The minimum atomic E-state index is 1.27. The molecule has 0 aliphatic rings. The Bertz CT molecular complexity index is 97.2. The van der Waals surface area contributed by atoms with Crippen molar-refractivity contribution < 1.29 is 0 Å². The lowest BCUT2D eigenvalue weighted by molar-refractivity contribution is 0.673. The number of alkyl halides is 1. The van der Waals surface area contributed by atoms with Gasteiger partial charge in [-0.3, -0.25) is 0 Å². The summed E-state index contributed by atoms with van der Waals surface area (Å²) in [5.41, 5.74) is 0. The van der Waals surface area contributed by atoms with Gasteiger partial charge in [0.15, 0.2) is 0 Å². The molecular weight excluding hydrogens is 259 g/mol. The summed E-state index contributed by atoms with van der Waals surface area (Å²) < 4.78 is 1.29. The van der Waals surface area contributed by atoms with E-state index in [1.165, 1.54) is 49.4 Å². The Kier molecular flexibility index (Phi) is 11.9. The van der Waals surface area contributed by atoms with Gasteiger partial charge in [-0.15, -0.1) is 0 Å². The van der Waals surface area contributed by atoms with Crippen molar-refractivity contribution in [2.24, 2.45) is 0 Å². The maximum atomic E-state index is 2.43. The first kappa shape index (κ1) is 12.5. The molecule has 0 radical (unpaired) electrons. The predicted octanol–water partition coefficient (Wildman–Crippen LogP) is 4.73. The molecule has 0 unspecified atom stereocenters. The van der Waals surface area contributed by atoms with Gasteiger partial charge in [-0.25, -0.2) is 0 Å². The van der Waals surface area contributed by atoms with E-state index < -0.39 is 0 Å². The summed E-state index contributed by atoms with van der Waals surface area (Å²) in [5.74, 6) is 0. The summed E-state index contributed by atoms with van der Waals surface area (Å²) in [7, 11) is 0. The van der Waals surface area contributed by atoms with E-state index in [-0.39, 0.29) is 0 Å². The number of rotatable bonds is 8. The smallest absolute Gasteiger partial charge is 0.000178 e. The Labute approximate surface area is 91.0 Å². The molecule has 0 aromatic heterocycles. The predicted molar refractivity (Wildman–Crippen MR) is 66.0 cm³/mol. The molecule has 12 heavy (non-hydrogen) atoms. The van der Waals surface area contributed by atoms with Crippen LogP contribution in [0.1, 0.15) is 51.9 Å². The average molecular weight is 280 g/mol. The monoisotopic (exact) mass is 280 g/mol. The molecule has 72 valence electrons. The number of allylic oxidation sites excluding steroid dienone is 2. The third-order valence-electron chi connectivity index (χ3n) is 1.90. The molecule has 0 saturated heterocycles. The van der Waals surface area contributed by atoms with E-state index in [1.54, 1.807) is 0 Å². The van der Waals surface area contributed by atoms with Gasteiger partial charge in [0.2, 0.25) is 0 Å². The van der Waals surface area contributed by atoms with E-state index in [0.29, 0.717) is 0 Å². The SMILES string of the molecule is CCCCCCC=CCCCI. The van der Waals surface area contributed by atoms with Crippen molar-refractivity contribution in [2.75, 3.05) is 4.43 Å². The molecule has 0 N–H and O–H groups in total. The first-order valence-electron chi connectivity index (χ1n) is 5.12. The van der Waals surface area contributed by atoms with Crippen LogP contribution in [0.15, 0.2) is 12.2 Å². The normalized spacial score (nSPS) is 11.2. The molecule has 0 aromatic carbocycles. The van der Waals surface area contributed by atoms with Crippen molar-refractivity contribution in [1.82, 2.24) is 0 Å². The lowest BCUT2D eigenvalue weighted by Gasteiger charge is -1.93. The summed E-state index contributed by atoms with van der Waals surface area (Å²) in [5, 5.41) is 0. The lowest BCUT2D eigenvalue weighted by Crippen LogP contribution is -1.74. The van der Waals surface area contributed by atoms with Gasteiger partial charge >= 0.3 is 0 Å². The number of hydrogen-bond donors (Lipinski definition) is 0. The Balaban J connectivity index is 2.92. The molecule has 0 aliphatic carbocycles. The molecule has 0 spiro atoms. The molecule has 0 fully saturated rings. The lowest BCUT2D eigenvalue weighted by atomic mass is 10.1. The highest BCUT2D eigenvalue weighted by Gasteiger charge is 1.84. The van der Waals surface area contributed by atoms with Crippen LogP contribution in [0.3, 0.4) is 0 Å². The molecule has 0 atom stereocenters. The van der Waals surface area contributed by atoms with Gasteiger partial charge in [0.25, 0.3) is 0 Å². The van der Waals surface area contributed by atoms with Crippen LogP contribution in [0.25, 0.3) is 0 Å². The first-order chi connectivity index (χ1) is 5.91. The van der Waals surface area contributed by atoms with Crippen LogP contribution in [0, 0.1) is 0 Å². The second-order valence-electron chi connectivity index (χ2n) is 3.15. The topological polar surface area (TPSA) is 0 Å². The Morgan fingerprint density at radius 2 is 1.58 bits per heavy atom. The van der Waals surface area contributed by atoms with Gasteiger partial charge in [0.05, 0.1) is 0 Å². The van der Waals surface area contributed by atoms with Crippen molar-refractivity contribution >= 4 is 22.6 Å². The van der Waals surface area contributed by atoms with Crippen molar-refractivity contribution in [3.63, 3.8) is 0 Å². The molecular formula is C11H21I. The highest BCUT2D eigenvalue weighted by atomic mass is 127. The highest BCUT2D eigenvalue weighted by Crippen LogP contribution is 2.04. The molecule has 0 bridgehead atoms. The van der Waals surface area contributed by atoms with Crippen molar-refractivity contribution in [2.45, 2.75) is 51.9 Å². The van der Waals surface area contributed by atoms with Crippen LogP contribution in [0.5, 0.6) is 0 Å². The molecule has 0 amide bonds. The third-order valence-corrected chi connectivity index (χ3v) is 2.66. The fraction of sp³-hybridized carbons (Fsp3) is 0.818. The number of unbranched alkanes of at least 4 members (excludes halogenated alkanes) is 5. The van der Waals surface area contributed by atoms with Gasteiger partial charge in [-0.1, -0.05) is 60.9 Å². The standard InChI is InChI=1S/C11H21I/c1-2-3-4-5-6-7-8-9-10-11-12/h7-8H,2-6,9-11H2,1H3. The van der Waals surface area contributed by atoms with Crippen LogP contribution >= 0.6 is 22.6 Å². The van der Waals surface area contributed by atoms with Gasteiger partial charge < -0.3 is 0 Å². The average Bonchev–Trinajstić information content (AvgIpc) is 2.10. The minimum absolute atomic E-state index is 1.27. The molecule has 0 heterocycles. The second-order valence-corrected chi connectivity index (χ2v) is 4.23. The third kappa shape index (κ3) is 10.5. The van der Waals surface area contributed by atoms with Crippen LogP contribution < -0.4 is 0 Å². The molecule has 0 aliphatic heterocycles. The van der Waals surface area contributed by atoms with Gasteiger partial charge in [0, 0.05) is 0 Å². The fourth-order valence-electron chi connectivity index (χ4n) is 1.12. The van der Waals surface area contributed by atoms with E-state index >= 15 is 0 Å². The summed E-state index contributed by atoms with van der Waals surface area (Å²) in [6.45, 7) is 2.26. The zero-order valence-corrected chi connectivity index (χ0v) is 10.3. The van der Waals surface area contributed by atoms with Crippen molar-refractivity contribution in [3.05, 3.63) is 12.2 Å². The molecule has 0 saturated carbocycles. The van der Waals surface area contributed by atoms with Gasteiger partial charge in [-0.05, 0) is 30.1 Å². The summed E-state index contributed by atoms with van der Waals surface area (Å²) >= 11 is 2.43. The van der Waals surface area contributed by atoms with Gasteiger partial charge in [0.1, 0.15) is 0 Å². The van der Waals surface area contributed by atoms with E-state index in [1.807, 2.05) is 0 Å². The zero-order chi connectivity index (χ0) is 9.07. The summed E-state index contributed by atoms with van der Waals surface area (Å²) in [4.78, 5) is 0. The van der Waals surface area contributed by atoms with E-state index in [0.717, 1.165) is 0 Å². The Morgan fingerprint density at radius 1 is 0.917 bits per heavy atom. The zero-order valence-electron chi connectivity index (χ0n) is 8.19. The maximum absolute atomic E-state index is 2.43. The van der Waals surface area contributed by atoms with Crippen LogP contribution in [-0.2, 0) is 0 Å². The number of halogens is 1. The Hall–Kier alpha value is 0.470. The minimum Gasteiger partial charge on any atom is -0.0885 e. The Morgan fingerprint density at radius 3 is 2.17 bits per heavy atom. The molecule has 0 rings (SSSR count). The maximum Gasteiger partial charge on any atom is -0.000178 e. The van der Waals surface area contributed by atoms with E-state index in [2.05, 4.69) is 41.7 Å². The quantitative estimate of drug-likeness (QED) is 0.261. The van der Waals surface area contributed by atoms with Crippen LogP contribution in [0.4, 0.5) is 0 Å². The molecule has 0 aromatic rings. The van der Waals surface area contributed by atoms with Gasteiger partial charge in [-0.2, -0.15) is 0 Å². The summed E-state index contributed by atoms with van der Waals surface area (Å²) in [6.07, 6.45) is 14.1. The van der Waals surface area contributed by atoms with E-state index in [9.17, 15) is 0 Å². The van der Waals surface area contributed by atoms with Crippen LogP contribution in [-0.4, -0.2) is 4.43 Å².